The summed E-state index contributed by atoms with van der Waals surface area (Å²) in [5, 5.41) is 9.94. The number of aromatic hydroxyl groups is 1. The molecule has 0 bridgehead atoms. The first-order valence-electron chi connectivity index (χ1n) is 5.15. The molecule has 0 aliphatic carbocycles. The van der Waals surface area contributed by atoms with E-state index in [4.69, 9.17) is 0 Å². The second kappa shape index (κ2) is 3.59. The number of hydrogen-bond acceptors (Lipinski definition) is 3. The van der Waals surface area contributed by atoms with E-state index in [0.29, 0.717) is 5.39 Å². The second-order valence-electron chi connectivity index (χ2n) is 4.91. The number of phenolic OH excluding ortho intramolecular Hbond substituents is 1. The van der Waals surface area contributed by atoms with E-state index in [-0.39, 0.29) is 16.6 Å². The zero-order chi connectivity index (χ0) is 11.9. The van der Waals surface area contributed by atoms with Gasteiger partial charge in [-0.15, -0.1) is 11.3 Å². The van der Waals surface area contributed by atoms with Gasteiger partial charge in [-0.2, -0.15) is 0 Å². The van der Waals surface area contributed by atoms with E-state index in [2.05, 4.69) is 20.8 Å². The lowest BCUT2D eigenvalue weighted by molar-refractivity contribution is 0.476. The molecule has 84 valence electrons. The van der Waals surface area contributed by atoms with Crippen LogP contribution in [0.1, 0.15) is 25.6 Å². The molecule has 0 fully saturated rings. The van der Waals surface area contributed by atoms with E-state index in [1.165, 1.54) is 6.07 Å². The minimum atomic E-state index is -0.0189. The maximum atomic E-state index is 11.9. The van der Waals surface area contributed by atoms with Crippen LogP contribution < -0.4 is 5.43 Å². The van der Waals surface area contributed by atoms with Crippen molar-refractivity contribution in [2.75, 3.05) is 0 Å². The molecule has 0 spiro atoms. The van der Waals surface area contributed by atoms with Gasteiger partial charge in [-0.05, 0) is 29.7 Å². The van der Waals surface area contributed by atoms with Crippen molar-refractivity contribution < 1.29 is 5.11 Å². The van der Waals surface area contributed by atoms with Crippen LogP contribution in [-0.2, 0) is 5.41 Å². The third-order valence-electron chi connectivity index (χ3n) is 2.45. The summed E-state index contributed by atoms with van der Waals surface area (Å²) in [6.07, 6.45) is 0. The van der Waals surface area contributed by atoms with E-state index < -0.39 is 0 Å². The summed E-state index contributed by atoms with van der Waals surface area (Å²) in [5.74, 6) is 0.139. The van der Waals surface area contributed by atoms with Crippen LogP contribution in [0.2, 0.25) is 0 Å². The van der Waals surface area contributed by atoms with Crippen molar-refractivity contribution in [3.63, 3.8) is 0 Å². The molecule has 0 aliphatic rings. The number of benzene rings is 1. The Morgan fingerprint density at radius 3 is 2.50 bits per heavy atom. The van der Waals surface area contributed by atoms with Crippen molar-refractivity contribution >= 4 is 21.4 Å². The quantitative estimate of drug-likeness (QED) is 0.759. The van der Waals surface area contributed by atoms with Crippen LogP contribution in [-0.4, -0.2) is 5.11 Å². The fraction of sp³-hybridized carbons (Fsp3) is 0.308. The van der Waals surface area contributed by atoms with Crippen molar-refractivity contribution in [3.8, 4) is 5.75 Å². The lowest BCUT2D eigenvalue weighted by Crippen LogP contribution is -2.13. The van der Waals surface area contributed by atoms with Gasteiger partial charge in [0.05, 0.1) is 0 Å². The number of fused-ring (bicyclic) bond motifs is 1. The summed E-state index contributed by atoms with van der Waals surface area (Å²) < 4.78 is 0.926. The Bertz CT molecular complexity index is 591. The minimum Gasteiger partial charge on any atom is -0.508 e. The molecule has 0 atom stereocenters. The van der Waals surface area contributed by atoms with E-state index in [1.54, 1.807) is 29.5 Å². The Labute approximate surface area is 98.2 Å². The lowest BCUT2D eigenvalue weighted by atomic mass is 9.94. The van der Waals surface area contributed by atoms with Crippen LogP contribution in [0.15, 0.2) is 29.1 Å². The predicted octanol–water partition coefficient (Wildman–Crippen LogP) is 3.26. The molecule has 1 aromatic heterocycles. The molecule has 0 saturated carbocycles. The van der Waals surface area contributed by atoms with Crippen molar-refractivity contribution in [1.29, 1.82) is 0 Å². The average molecular weight is 234 g/mol. The van der Waals surface area contributed by atoms with Crippen LogP contribution in [0.4, 0.5) is 0 Å². The van der Waals surface area contributed by atoms with Crippen LogP contribution >= 0.6 is 11.3 Å². The van der Waals surface area contributed by atoms with Gasteiger partial charge in [0.15, 0.2) is 5.43 Å². The molecule has 2 aromatic rings. The second-order valence-corrected chi connectivity index (χ2v) is 5.99. The first kappa shape index (κ1) is 11.1. The maximum Gasteiger partial charge on any atom is 0.188 e. The van der Waals surface area contributed by atoms with E-state index in [0.717, 1.165) is 9.58 Å². The summed E-state index contributed by atoms with van der Waals surface area (Å²) >= 11 is 1.61. The fourth-order valence-electron chi connectivity index (χ4n) is 1.51. The van der Waals surface area contributed by atoms with Gasteiger partial charge in [0.1, 0.15) is 5.75 Å². The highest BCUT2D eigenvalue weighted by molar-refractivity contribution is 7.18. The first-order chi connectivity index (χ1) is 7.38. The fourth-order valence-corrected chi connectivity index (χ4v) is 2.63. The zero-order valence-electron chi connectivity index (χ0n) is 9.57. The Morgan fingerprint density at radius 1 is 1.19 bits per heavy atom. The van der Waals surface area contributed by atoms with Crippen molar-refractivity contribution in [2.45, 2.75) is 26.2 Å². The van der Waals surface area contributed by atoms with Crippen LogP contribution in [0.3, 0.4) is 0 Å². The van der Waals surface area contributed by atoms with E-state index in [9.17, 15) is 9.90 Å². The molecule has 0 unspecified atom stereocenters. The summed E-state index contributed by atoms with van der Waals surface area (Å²) in [6, 6.07) is 6.61. The summed E-state index contributed by atoms with van der Waals surface area (Å²) in [6.45, 7) is 6.26. The number of rotatable bonds is 0. The van der Waals surface area contributed by atoms with E-state index in [1.807, 2.05) is 0 Å². The first-order valence-corrected chi connectivity index (χ1v) is 5.97. The van der Waals surface area contributed by atoms with Gasteiger partial charge in [0, 0.05) is 15.0 Å². The molecule has 3 heteroatoms. The van der Waals surface area contributed by atoms with Crippen LogP contribution in [0.5, 0.6) is 5.75 Å². The molecule has 1 aromatic carbocycles. The standard InChI is InChI=1S/C13H14O2S/c1-13(2,3)12-7-10(15)9-6-8(14)4-5-11(9)16-12/h4-7,14H,1-3H3. The zero-order valence-corrected chi connectivity index (χ0v) is 10.4. The topological polar surface area (TPSA) is 37.3 Å². The van der Waals surface area contributed by atoms with Crippen LogP contribution in [0.25, 0.3) is 10.1 Å². The molecular weight excluding hydrogens is 220 g/mol. The van der Waals surface area contributed by atoms with Gasteiger partial charge in [0.25, 0.3) is 0 Å². The SMILES string of the molecule is CC(C)(C)c1cc(=O)c2cc(O)ccc2s1. The number of hydrogen-bond donors (Lipinski definition) is 1. The van der Waals surface area contributed by atoms with Gasteiger partial charge in [-0.1, -0.05) is 20.8 Å². The van der Waals surface area contributed by atoms with Gasteiger partial charge in [-0.3, -0.25) is 4.79 Å². The Kier molecular flexibility index (Phi) is 2.50. The average Bonchev–Trinajstić information content (AvgIpc) is 2.17. The molecule has 0 saturated heterocycles. The van der Waals surface area contributed by atoms with Gasteiger partial charge in [-0.25, -0.2) is 0 Å². The molecular formula is C13H14O2S. The normalized spacial score (nSPS) is 11.9. The summed E-state index contributed by atoms with van der Waals surface area (Å²) in [4.78, 5) is 13.0. The van der Waals surface area contributed by atoms with E-state index >= 15 is 0 Å². The predicted molar refractivity (Wildman–Crippen MR) is 68.5 cm³/mol. The highest BCUT2D eigenvalue weighted by Crippen LogP contribution is 2.30. The Balaban J connectivity index is 2.79. The Hall–Kier alpha value is -1.35. The lowest BCUT2D eigenvalue weighted by Gasteiger charge is -2.17. The third kappa shape index (κ3) is 1.95. The maximum absolute atomic E-state index is 11.9. The molecule has 0 amide bonds. The molecule has 2 nitrogen and oxygen atoms in total. The highest BCUT2D eigenvalue weighted by atomic mass is 32.1. The smallest absolute Gasteiger partial charge is 0.188 e. The molecule has 1 heterocycles. The van der Waals surface area contributed by atoms with Gasteiger partial charge in [0.2, 0.25) is 0 Å². The minimum absolute atomic E-state index is 0.0180. The van der Waals surface area contributed by atoms with Gasteiger partial charge >= 0.3 is 0 Å². The van der Waals surface area contributed by atoms with Crippen molar-refractivity contribution in [1.82, 2.24) is 0 Å². The molecule has 0 aliphatic heterocycles. The molecule has 0 radical (unpaired) electrons. The summed E-state index contributed by atoms with van der Waals surface area (Å²) in [7, 11) is 0. The highest BCUT2D eigenvalue weighted by Gasteiger charge is 2.16. The van der Waals surface area contributed by atoms with Gasteiger partial charge < -0.3 is 5.11 Å². The Morgan fingerprint density at radius 2 is 1.88 bits per heavy atom. The molecule has 1 N–H and O–H groups in total. The van der Waals surface area contributed by atoms with Crippen molar-refractivity contribution in [3.05, 3.63) is 39.4 Å². The van der Waals surface area contributed by atoms with Crippen molar-refractivity contribution in [2.24, 2.45) is 0 Å². The summed E-state index contributed by atoms with van der Waals surface area (Å²) in [5.41, 5.74) is -0.0369. The monoisotopic (exact) mass is 234 g/mol. The third-order valence-corrected chi connectivity index (χ3v) is 3.98. The number of phenols is 1. The largest absolute Gasteiger partial charge is 0.508 e. The van der Waals surface area contributed by atoms with Crippen LogP contribution in [0, 0.1) is 0 Å². The molecule has 2 rings (SSSR count). The molecule has 16 heavy (non-hydrogen) atoms.